The quantitative estimate of drug-likeness (QED) is 0.654. The lowest BCUT2D eigenvalue weighted by Gasteiger charge is -2.11. The molecule has 0 atom stereocenters. The van der Waals surface area contributed by atoms with Crippen LogP contribution in [0, 0.1) is 13.8 Å². The molecule has 3 aromatic rings. The fourth-order valence-corrected chi connectivity index (χ4v) is 3.91. The van der Waals surface area contributed by atoms with Gasteiger partial charge in [-0.1, -0.05) is 19.1 Å². The maximum Gasteiger partial charge on any atom is 0.258 e. The Hall–Kier alpha value is -3.27. The van der Waals surface area contributed by atoms with Crippen molar-refractivity contribution in [1.82, 2.24) is 19.7 Å². The molecule has 0 fully saturated rings. The maximum absolute atomic E-state index is 12.8. The van der Waals surface area contributed by atoms with E-state index in [0.29, 0.717) is 23.4 Å². The number of anilines is 1. The number of amides is 1. The SMILES string of the molecule is CCc1c(C)nc(-n2nc(C)cc2NC(=O)c2ccccc2S(C)(=O)=O)[nH]c1=O. The molecule has 29 heavy (non-hydrogen) atoms. The van der Waals surface area contributed by atoms with Gasteiger partial charge in [-0.05, 0) is 32.4 Å². The van der Waals surface area contributed by atoms with Crippen molar-refractivity contribution in [2.75, 3.05) is 11.6 Å². The summed E-state index contributed by atoms with van der Waals surface area (Å²) in [6, 6.07) is 7.54. The van der Waals surface area contributed by atoms with Crippen LogP contribution < -0.4 is 10.9 Å². The Morgan fingerprint density at radius 1 is 1.24 bits per heavy atom. The molecule has 0 aliphatic rings. The molecule has 2 heterocycles. The highest BCUT2D eigenvalue weighted by Crippen LogP contribution is 2.19. The Morgan fingerprint density at radius 2 is 1.93 bits per heavy atom. The number of nitrogens with one attached hydrogen (secondary N) is 2. The first-order chi connectivity index (χ1) is 13.6. The largest absolute Gasteiger partial charge is 0.306 e. The normalized spacial score (nSPS) is 11.4. The lowest BCUT2D eigenvalue weighted by atomic mass is 10.2. The van der Waals surface area contributed by atoms with E-state index in [9.17, 15) is 18.0 Å². The Balaban J connectivity index is 2.04. The van der Waals surface area contributed by atoms with Crippen LogP contribution >= 0.6 is 0 Å². The Labute approximate surface area is 167 Å². The van der Waals surface area contributed by atoms with Gasteiger partial charge in [0, 0.05) is 23.6 Å². The van der Waals surface area contributed by atoms with Gasteiger partial charge in [-0.2, -0.15) is 9.78 Å². The van der Waals surface area contributed by atoms with Crippen LogP contribution in [-0.2, 0) is 16.3 Å². The average Bonchev–Trinajstić information content (AvgIpc) is 3.01. The summed E-state index contributed by atoms with van der Waals surface area (Å²) in [5, 5.41) is 6.95. The highest BCUT2D eigenvalue weighted by Gasteiger charge is 2.20. The number of sulfone groups is 1. The number of aromatic amines is 1. The van der Waals surface area contributed by atoms with Crippen LogP contribution in [0.4, 0.5) is 5.82 Å². The van der Waals surface area contributed by atoms with Crippen LogP contribution in [0.1, 0.15) is 34.2 Å². The van der Waals surface area contributed by atoms with Gasteiger partial charge >= 0.3 is 0 Å². The van der Waals surface area contributed by atoms with Crippen molar-refractivity contribution in [3.8, 4) is 5.95 Å². The van der Waals surface area contributed by atoms with E-state index in [0.717, 1.165) is 6.26 Å². The highest BCUT2D eigenvalue weighted by atomic mass is 32.2. The van der Waals surface area contributed by atoms with Crippen molar-refractivity contribution in [2.45, 2.75) is 32.1 Å². The second-order valence-corrected chi connectivity index (χ2v) is 8.60. The van der Waals surface area contributed by atoms with Crippen molar-refractivity contribution in [2.24, 2.45) is 0 Å². The molecule has 2 aromatic heterocycles. The summed E-state index contributed by atoms with van der Waals surface area (Å²) in [6.45, 7) is 5.32. The summed E-state index contributed by atoms with van der Waals surface area (Å²) in [5.74, 6) is -0.205. The fraction of sp³-hybridized carbons (Fsp3) is 0.263. The Morgan fingerprint density at radius 3 is 2.55 bits per heavy atom. The minimum absolute atomic E-state index is 0.0133. The van der Waals surface area contributed by atoms with Crippen molar-refractivity contribution in [3.05, 3.63) is 63.2 Å². The van der Waals surface area contributed by atoms with Gasteiger partial charge in [0.25, 0.3) is 11.5 Å². The zero-order valence-corrected chi connectivity index (χ0v) is 17.3. The molecule has 9 nitrogen and oxygen atoms in total. The summed E-state index contributed by atoms with van der Waals surface area (Å²) >= 11 is 0. The molecular weight excluding hydrogens is 394 g/mol. The maximum atomic E-state index is 12.8. The van der Waals surface area contributed by atoms with Crippen LogP contribution in [0.3, 0.4) is 0 Å². The van der Waals surface area contributed by atoms with E-state index in [4.69, 9.17) is 0 Å². The molecule has 0 aliphatic carbocycles. The third kappa shape index (κ3) is 4.11. The molecule has 2 N–H and O–H groups in total. The smallest absolute Gasteiger partial charge is 0.258 e. The van der Waals surface area contributed by atoms with E-state index >= 15 is 0 Å². The zero-order valence-electron chi connectivity index (χ0n) is 16.5. The minimum Gasteiger partial charge on any atom is -0.306 e. The van der Waals surface area contributed by atoms with Crippen molar-refractivity contribution >= 4 is 21.6 Å². The number of H-pyrrole nitrogens is 1. The lowest BCUT2D eigenvalue weighted by molar-refractivity contribution is 0.102. The molecule has 0 aliphatic heterocycles. The second kappa shape index (κ2) is 7.63. The number of aryl methyl sites for hydroxylation is 2. The molecule has 3 rings (SSSR count). The van der Waals surface area contributed by atoms with Gasteiger partial charge in [0.15, 0.2) is 9.84 Å². The van der Waals surface area contributed by atoms with Crippen LogP contribution in [0.15, 0.2) is 40.0 Å². The first-order valence-electron chi connectivity index (χ1n) is 8.89. The number of benzene rings is 1. The summed E-state index contributed by atoms with van der Waals surface area (Å²) in [6.07, 6.45) is 1.58. The Kier molecular flexibility index (Phi) is 5.38. The molecule has 0 unspecified atom stereocenters. The number of nitrogens with zero attached hydrogens (tertiary/aromatic N) is 3. The van der Waals surface area contributed by atoms with Gasteiger partial charge in [-0.25, -0.2) is 13.4 Å². The molecule has 0 saturated heterocycles. The zero-order chi connectivity index (χ0) is 21.3. The third-order valence-electron chi connectivity index (χ3n) is 4.37. The predicted molar refractivity (Wildman–Crippen MR) is 108 cm³/mol. The molecule has 1 amide bonds. The van der Waals surface area contributed by atoms with E-state index in [1.54, 1.807) is 32.0 Å². The fourth-order valence-electron chi connectivity index (χ4n) is 3.02. The van der Waals surface area contributed by atoms with Crippen molar-refractivity contribution < 1.29 is 13.2 Å². The van der Waals surface area contributed by atoms with E-state index in [1.807, 2.05) is 6.92 Å². The second-order valence-electron chi connectivity index (χ2n) is 6.61. The first-order valence-corrected chi connectivity index (χ1v) is 10.8. The summed E-state index contributed by atoms with van der Waals surface area (Å²) in [5.41, 5.74) is 1.46. The molecule has 0 bridgehead atoms. The molecule has 0 radical (unpaired) electrons. The predicted octanol–water partition coefficient (Wildman–Crippen LogP) is 1.79. The van der Waals surface area contributed by atoms with Crippen molar-refractivity contribution in [1.29, 1.82) is 0 Å². The van der Waals surface area contributed by atoms with Crippen LogP contribution in [0.2, 0.25) is 0 Å². The number of carbonyl (C=O) groups excluding carboxylic acids is 1. The van der Waals surface area contributed by atoms with E-state index < -0.39 is 15.7 Å². The number of rotatable bonds is 5. The standard InChI is InChI=1S/C19H21N5O4S/c1-5-13-12(3)20-19(22-17(13)25)24-16(10-11(2)23-24)21-18(26)14-8-6-7-9-15(14)29(4,27)28/h6-10H,5H2,1-4H3,(H,21,26)(H,20,22,25). The number of hydrogen-bond donors (Lipinski definition) is 2. The topological polar surface area (TPSA) is 127 Å². The molecular formula is C19H21N5O4S. The van der Waals surface area contributed by atoms with Crippen LogP contribution in [0.25, 0.3) is 5.95 Å². The van der Waals surface area contributed by atoms with E-state index in [2.05, 4.69) is 20.4 Å². The molecule has 0 spiro atoms. The summed E-state index contributed by atoms with van der Waals surface area (Å²) < 4.78 is 25.3. The summed E-state index contributed by atoms with van der Waals surface area (Å²) in [7, 11) is -3.59. The van der Waals surface area contributed by atoms with E-state index in [-0.39, 0.29) is 27.8 Å². The number of carbonyl (C=O) groups is 1. The van der Waals surface area contributed by atoms with Gasteiger partial charge in [-0.15, -0.1) is 0 Å². The first kappa shape index (κ1) is 20.5. The molecule has 10 heteroatoms. The van der Waals surface area contributed by atoms with Gasteiger partial charge in [0.2, 0.25) is 5.95 Å². The molecule has 1 aromatic carbocycles. The third-order valence-corrected chi connectivity index (χ3v) is 5.52. The Bertz CT molecular complexity index is 1260. The summed E-state index contributed by atoms with van der Waals surface area (Å²) in [4.78, 5) is 32.1. The minimum atomic E-state index is -3.59. The molecule has 0 saturated carbocycles. The van der Waals surface area contributed by atoms with Crippen LogP contribution in [0.5, 0.6) is 0 Å². The lowest BCUT2D eigenvalue weighted by Crippen LogP contribution is -2.22. The van der Waals surface area contributed by atoms with Gasteiger partial charge in [0.1, 0.15) is 5.82 Å². The highest BCUT2D eigenvalue weighted by molar-refractivity contribution is 7.90. The monoisotopic (exact) mass is 415 g/mol. The molecule has 152 valence electrons. The van der Waals surface area contributed by atoms with Gasteiger partial charge < -0.3 is 5.32 Å². The van der Waals surface area contributed by atoms with Gasteiger partial charge in [-0.3, -0.25) is 14.6 Å². The van der Waals surface area contributed by atoms with Crippen molar-refractivity contribution in [3.63, 3.8) is 0 Å². The van der Waals surface area contributed by atoms with Gasteiger partial charge in [0.05, 0.1) is 16.2 Å². The number of aromatic nitrogens is 4. The van der Waals surface area contributed by atoms with E-state index in [1.165, 1.54) is 16.8 Å². The average molecular weight is 415 g/mol. The number of hydrogen-bond acceptors (Lipinski definition) is 6. The van der Waals surface area contributed by atoms with Crippen LogP contribution in [-0.4, -0.2) is 40.3 Å².